The smallest absolute Gasteiger partial charge is 0.343 e. The molecule has 0 saturated heterocycles. The lowest BCUT2D eigenvalue weighted by molar-refractivity contribution is -0.129. The zero-order chi connectivity index (χ0) is 22.7. The standard InChI is InChI=1S/C24H19N3O5/c1-3-15(8-9-25-14-28)24(30)32-21-11-20-22-17(10-16-6-4-5-7-19(16)26-22)12-27(20)23(29)18(21)13-31-2/h3-11,14H,1,12-13H2,2H3/b15-8+,25-9?. The average molecular weight is 429 g/mol. The van der Waals surface area contributed by atoms with E-state index >= 15 is 0 Å². The highest BCUT2D eigenvalue weighted by molar-refractivity contribution is 5.98. The first-order valence-electron chi connectivity index (χ1n) is 9.73. The molecule has 1 amide bonds. The zero-order valence-electron chi connectivity index (χ0n) is 17.3. The SMILES string of the molecule is C=C/C(=C\C=NC=O)C(=O)Oc1cc2n(c(=O)c1COC)Cc1cc3ccccc3nc1-2. The lowest BCUT2D eigenvalue weighted by atomic mass is 10.1. The number of carbonyl (C=O) groups excluding carboxylic acids is 2. The minimum atomic E-state index is -0.747. The van der Waals surface area contributed by atoms with Crippen molar-refractivity contribution in [3.05, 3.63) is 82.2 Å². The highest BCUT2D eigenvalue weighted by atomic mass is 16.5. The Kier molecular flexibility index (Phi) is 5.87. The van der Waals surface area contributed by atoms with Crippen LogP contribution in [0.1, 0.15) is 11.1 Å². The molecule has 0 atom stereocenters. The number of carbonyl (C=O) groups is 2. The van der Waals surface area contributed by atoms with E-state index in [4.69, 9.17) is 14.5 Å². The summed E-state index contributed by atoms with van der Waals surface area (Å²) >= 11 is 0. The first-order chi connectivity index (χ1) is 15.6. The van der Waals surface area contributed by atoms with Crippen LogP contribution >= 0.6 is 0 Å². The van der Waals surface area contributed by atoms with Gasteiger partial charge in [-0.05, 0) is 18.2 Å². The Hall–Kier alpha value is -4.17. The van der Waals surface area contributed by atoms with E-state index < -0.39 is 5.97 Å². The predicted octanol–water partition coefficient (Wildman–Crippen LogP) is 2.82. The van der Waals surface area contributed by atoms with Gasteiger partial charge in [-0.25, -0.2) is 14.8 Å². The van der Waals surface area contributed by atoms with E-state index in [0.717, 1.165) is 22.7 Å². The summed E-state index contributed by atoms with van der Waals surface area (Å²) in [4.78, 5) is 44.4. The molecule has 1 aliphatic rings. The molecule has 0 N–H and O–H groups in total. The van der Waals surface area contributed by atoms with Gasteiger partial charge >= 0.3 is 5.97 Å². The van der Waals surface area contributed by atoms with Gasteiger partial charge in [0.1, 0.15) is 5.75 Å². The maximum atomic E-state index is 13.2. The summed E-state index contributed by atoms with van der Waals surface area (Å²) in [5.74, 6) is -0.667. The van der Waals surface area contributed by atoms with E-state index in [2.05, 4.69) is 11.6 Å². The van der Waals surface area contributed by atoms with E-state index in [1.807, 2.05) is 30.3 Å². The largest absolute Gasteiger partial charge is 0.422 e. The molecule has 8 heteroatoms. The number of aromatic nitrogens is 2. The number of hydrogen-bond donors (Lipinski definition) is 0. The molecule has 160 valence electrons. The second kappa shape index (κ2) is 8.91. The summed E-state index contributed by atoms with van der Waals surface area (Å²) < 4.78 is 12.3. The van der Waals surface area contributed by atoms with Crippen molar-refractivity contribution in [2.45, 2.75) is 13.2 Å². The van der Waals surface area contributed by atoms with Crippen molar-refractivity contribution in [1.29, 1.82) is 0 Å². The fourth-order valence-electron chi connectivity index (χ4n) is 3.60. The quantitative estimate of drug-likeness (QED) is 0.147. The molecule has 1 aliphatic heterocycles. The van der Waals surface area contributed by atoms with Crippen LogP contribution < -0.4 is 10.3 Å². The van der Waals surface area contributed by atoms with E-state index in [0.29, 0.717) is 24.3 Å². The first kappa shape index (κ1) is 21.1. The summed E-state index contributed by atoms with van der Waals surface area (Å²) in [5, 5.41) is 0.980. The van der Waals surface area contributed by atoms with Crippen LogP contribution in [0, 0.1) is 0 Å². The molecule has 0 fully saturated rings. The number of amides is 1. The maximum Gasteiger partial charge on any atom is 0.343 e. The molecular weight excluding hydrogens is 410 g/mol. The van der Waals surface area contributed by atoms with Crippen LogP contribution in [0.4, 0.5) is 0 Å². The number of pyridine rings is 2. The number of hydrogen-bond acceptors (Lipinski definition) is 6. The van der Waals surface area contributed by atoms with Crippen molar-refractivity contribution in [3.8, 4) is 17.1 Å². The Labute approximate surface area is 183 Å². The van der Waals surface area contributed by atoms with Gasteiger partial charge in [-0.1, -0.05) is 30.9 Å². The molecule has 1 aromatic carbocycles. The summed E-state index contributed by atoms with van der Waals surface area (Å²) in [5.41, 5.74) is 2.91. The minimum Gasteiger partial charge on any atom is -0.422 e. The second-order valence-electron chi connectivity index (χ2n) is 7.00. The average Bonchev–Trinajstić information content (AvgIpc) is 3.15. The van der Waals surface area contributed by atoms with E-state index in [1.165, 1.54) is 19.3 Å². The zero-order valence-corrected chi connectivity index (χ0v) is 17.3. The lowest BCUT2D eigenvalue weighted by Gasteiger charge is -2.13. The normalized spacial score (nSPS) is 12.6. The molecule has 2 aromatic heterocycles. The van der Waals surface area contributed by atoms with Gasteiger partial charge in [-0.2, -0.15) is 0 Å². The van der Waals surface area contributed by atoms with Gasteiger partial charge in [0.05, 0.1) is 41.2 Å². The Morgan fingerprint density at radius 1 is 1.31 bits per heavy atom. The van der Waals surface area contributed by atoms with Crippen molar-refractivity contribution in [3.63, 3.8) is 0 Å². The lowest BCUT2D eigenvalue weighted by Crippen LogP contribution is -2.25. The van der Waals surface area contributed by atoms with Crippen molar-refractivity contribution in [2.24, 2.45) is 4.99 Å². The van der Waals surface area contributed by atoms with Crippen molar-refractivity contribution in [1.82, 2.24) is 9.55 Å². The summed E-state index contributed by atoms with van der Waals surface area (Å²) in [6.07, 6.45) is 4.07. The number of rotatable bonds is 7. The Morgan fingerprint density at radius 2 is 2.12 bits per heavy atom. The van der Waals surface area contributed by atoms with Crippen LogP contribution in [-0.4, -0.2) is 35.3 Å². The summed E-state index contributed by atoms with van der Waals surface area (Å²) in [6, 6.07) is 11.3. The molecular formula is C24H19N3O5. The van der Waals surface area contributed by atoms with Crippen LogP contribution in [0.3, 0.4) is 0 Å². The number of para-hydroxylation sites is 1. The van der Waals surface area contributed by atoms with Gasteiger partial charge in [-0.15, -0.1) is 0 Å². The monoisotopic (exact) mass is 429 g/mol. The predicted molar refractivity (Wildman–Crippen MR) is 120 cm³/mol. The number of aliphatic imine (C=N–C) groups is 1. The molecule has 4 rings (SSSR count). The van der Waals surface area contributed by atoms with E-state index in [1.54, 1.807) is 10.6 Å². The number of allylic oxidation sites excluding steroid dienone is 1. The van der Waals surface area contributed by atoms with Crippen LogP contribution in [0.15, 0.2) is 70.5 Å². The topological polar surface area (TPSA) is 99.9 Å². The number of nitrogens with zero attached hydrogens (tertiary/aromatic N) is 3. The third kappa shape index (κ3) is 3.79. The van der Waals surface area contributed by atoms with Crippen LogP contribution in [0.5, 0.6) is 5.75 Å². The first-order valence-corrected chi connectivity index (χ1v) is 9.73. The van der Waals surface area contributed by atoms with Gasteiger partial charge in [0.2, 0.25) is 6.41 Å². The summed E-state index contributed by atoms with van der Waals surface area (Å²) in [7, 11) is 1.46. The molecule has 32 heavy (non-hydrogen) atoms. The number of ether oxygens (including phenoxy) is 2. The molecule has 0 unspecified atom stereocenters. The molecule has 0 aliphatic carbocycles. The highest BCUT2D eigenvalue weighted by Crippen LogP contribution is 2.34. The Bertz CT molecular complexity index is 1370. The van der Waals surface area contributed by atoms with E-state index in [9.17, 15) is 14.4 Å². The molecule has 8 nitrogen and oxygen atoms in total. The third-order valence-corrected chi connectivity index (χ3v) is 5.08. The molecule has 0 saturated carbocycles. The van der Waals surface area contributed by atoms with E-state index in [-0.39, 0.29) is 29.1 Å². The number of benzene rings is 1. The minimum absolute atomic E-state index is 0.0345. The Morgan fingerprint density at radius 3 is 2.88 bits per heavy atom. The third-order valence-electron chi connectivity index (χ3n) is 5.08. The fraction of sp³-hybridized carbons (Fsp3) is 0.125. The van der Waals surface area contributed by atoms with Gasteiger partial charge in [0.15, 0.2) is 0 Å². The summed E-state index contributed by atoms with van der Waals surface area (Å²) in [6.45, 7) is 3.91. The number of methoxy groups -OCH3 is 1. The molecule has 3 aromatic rings. The second-order valence-corrected chi connectivity index (χ2v) is 7.00. The highest BCUT2D eigenvalue weighted by Gasteiger charge is 2.27. The molecule has 0 spiro atoms. The van der Waals surface area contributed by atoms with Gasteiger partial charge in [-0.3, -0.25) is 9.59 Å². The van der Waals surface area contributed by atoms with Crippen LogP contribution in [-0.2, 0) is 27.5 Å². The van der Waals surface area contributed by atoms with Crippen LogP contribution in [0.25, 0.3) is 22.3 Å². The van der Waals surface area contributed by atoms with Crippen molar-refractivity contribution in [2.75, 3.05) is 7.11 Å². The molecule has 0 bridgehead atoms. The number of fused-ring (bicyclic) bond motifs is 4. The van der Waals surface area contributed by atoms with Gasteiger partial charge in [0, 0.05) is 30.3 Å². The molecule has 0 radical (unpaired) electrons. The molecule has 3 heterocycles. The van der Waals surface area contributed by atoms with Crippen molar-refractivity contribution < 1.29 is 19.1 Å². The van der Waals surface area contributed by atoms with Gasteiger partial charge in [0.25, 0.3) is 5.56 Å². The maximum absolute atomic E-state index is 13.2. The number of esters is 1. The van der Waals surface area contributed by atoms with Crippen molar-refractivity contribution >= 4 is 29.5 Å². The van der Waals surface area contributed by atoms with Crippen LogP contribution in [0.2, 0.25) is 0 Å². The Balaban J connectivity index is 1.81. The van der Waals surface area contributed by atoms with Gasteiger partial charge < -0.3 is 14.0 Å². The fourth-order valence-corrected chi connectivity index (χ4v) is 3.60.